The highest BCUT2D eigenvalue weighted by Gasteiger charge is 2.41. The molecule has 0 aromatic carbocycles. The second-order valence-corrected chi connectivity index (χ2v) is 5.49. The second-order valence-electron chi connectivity index (χ2n) is 4.63. The van der Waals surface area contributed by atoms with Gasteiger partial charge < -0.3 is 10.1 Å². The van der Waals surface area contributed by atoms with E-state index in [1.54, 1.807) is 0 Å². The first kappa shape index (κ1) is 10.3. The average molecular weight is 236 g/mol. The lowest BCUT2D eigenvalue weighted by Gasteiger charge is -2.45. The van der Waals surface area contributed by atoms with E-state index < -0.39 is 0 Å². The van der Waals surface area contributed by atoms with Gasteiger partial charge in [-0.25, -0.2) is 4.98 Å². The van der Waals surface area contributed by atoms with Crippen LogP contribution in [0.15, 0.2) is 12.3 Å². The Kier molecular flexibility index (Phi) is 2.46. The summed E-state index contributed by atoms with van der Waals surface area (Å²) in [6.45, 7) is 0.799. The van der Waals surface area contributed by atoms with Crippen LogP contribution in [-0.2, 0) is 5.75 Å². The zero-order valence-electron chi connectivity index (χ0n) is 9.45. The highest BCUT2D eigenvalue weighted by atomic mass is 32.2. The molecule has 0 saturated heterocycles. The lowest BCUT2D eigenvalue weighted by Crippen LogP contribution is -2.52. The molecule has 1 N–H and O–H groups in total. The molecular formula is C12H16N2OS. The fourth-order valence-electron chi connectivity index (χ4n) is 2.38. The van der Waals surface area contributed by atoms with Crippen LogP contribution in [0.4, 0.5) is 5.82 Å². The molecule has 1 saturated carbocycles. The molecule has 1 spiro atoms. The summed E-state index contributed by atoms with van der Waals surface area (Å²) in [5, 5.41) is 3.56. The monoisotopic (exact) mass is 236 g/mol. The number of anilines is 1. The van der Waals surface area contributed by atoms with Crippen LogP contribution in [0.5, 0.6) is 5.75 Å². The van der Waals surface area contributed by atoms with Gasteiger partial charge in [-0.2, -0.15) is 11.8 Å². The van der Waals surface area contributed by atoms with Crippen molar-refractivity contribution in [2.24, 2.45) is 0 Å². The molecule has 1 aliphatic heterocycles. The molecule has 1 aliphatic carbocycles. The van der Waals surface area contributed by atoms with Gasteiger partial charge in [0.2, 0.25) is 0 Å². The third-order valence-corrected chi connectivity index (χ3v) is 4.07. The van der Waals surface area contributed by atoms with Crippen LogP contribution < -0.4 is 10.1 Å². The molecule has 1 aromatic rings. The number of nitrogens with one attached hydrogen (secondary N) is 1. The molecule has 0 bridgehead atoms. The molecule has 4 heteroatoms. The van der Waals surface area contributed by atoms with E-state index in [4.69, 9.17) is 4.74 Å². The first-order valence-electron chi connectivity index (χ1n) is 5.71. The highest BCUT2D eigenvalue weighted by molar-refractivity contribution is 7.97. The van der Waals surface area contributed by atoms with Crippen LogP contribution in [-0.4, -0.2) is 23.4 Å². The van der Waals surface area contributed by atoms with Crippen LogP contribution >= 0.6 is 11.8 Å². The lowest BCUT2D eigenvalue weighted by molar-refractivity contribution is 0.146. The molecule has 16 heavy (non-hydrogen) atoms. The Morgan fingerprint density at radius 1 is 1.56 bits per heavy atom. The molecular weight excluding hydrogens is 220 g/mol. The summed E-state index contributed by atoms with van der Waals surface area (Å²) in [5.41, 5.74) is 1.44. The van der Waals surface area contributed by atoms with Crippen LogP contribution in [0.2, 0.25) is 0 Å². The van der Waals surface area contributed by atoms with Gasteiger partial charge in [0.15, 0.2) is 11.6 Å². The molecule has 0 unspecified atom stereocenters. The smallest absolute Gasteiger partial charge is 0.169 e. The number of hydrogen-bond donors (Lipinski definition) is 1. The average Bonchev–Trinajstić information content (AvgIpc) is 2.27. The van der Waals surface area contributed by atoms with Crippen LogP contribution in [0.3, 0.4) is 0 Å². The fourth-order valence-corrected chi connectivity index (χ4v) is 2.92. The van der Waals surface area contributed by atoms with E-state index in [0.717, 1.165) is 23.9 Å². The minimum atomic E-state index is 0.192. The quantitative estimate of drug-likeness (QED) is 0.856. The van der Waals surface area contributed by atoms with Crippen molar-refractivity contribution in [1.29, 1.82) is 0 Å². The van der Waals surface area contributed by atoms with Crippen LogP contribution in [0.25, 0.3) is 0 Å². The second kappa shape index (κ2) is 3.84. The zero-order chi connectivity index (χ0) is 11.0. The summed E-state index contributed by atoms with van der Waals surface area (Å²) in [6.07, 6.45) is 7.70. The number of fused-ring (bicyclic) bond motifs is 1. The number of thioether (sulfide) groups is 1. The van der Waals surface area contributed by atoms with E-state index in [1.807, 2.05) is 18.0 Å². The molecule has 3 rings (SSSR count). The van der Waals surface area contributed by atoms with Gasteiger partial charge in [-0.15, -0.1) is 0 Å². The minimum absolute atomic E-state index is 0.192. The van der Waals surface area contributed by atoms with Gasteiger partial charge in [0.05, 0.1) is 5.54 Å². The molecule has 0 amide bonds. The first-order valence-corrected chi connectivity index (χ1v) is 7.10. The number of hydrogen-bond acceptors (Lipinski definition) is 4. The zero-order valence-corrected chi connectivity index (χ0v) is 10.3. The Morgan fingerprint density at radius 2 is 2.44 bits per heavy atom. The van der Waals surface area contributed by atoms with E-state index in [9.17, 15) is 0 Å². The Hall–Kier alpha value is -0.900. The molecule has 1 fully saturated rings. The predicted molar refractivity (Wildman–Crippen MR) is 67.2 cm³/mol. The van der Waals surface area contributed by atoms with Gasteiger partial charge in [0.1, 0.15) is 6.61 Å². The standard InChI is InChI=1S/C12H16N2OS/c1-16-7-9-3-6-13-11-10(9)15-8-12(14-11)4-2-5-12/h3,6H,2,4-5,7-8H2,1H3,(H,13,14). The molecule has 86 valence electrons. The molecule has 0 atom stereocenters. The van der Waals surface area contributed by atoms with Gasteiger partial charge in [0.25, 0.3) is 0 Å². The number of aromatic nitrogens is 1. The van der Waals surface area contributed by atoms with E-state index >= 15 is 0 Å². The maximum absolute atomic E-state index is 5.93. The third kappa shape index (κ3) is 1.56. The van der Waals surface area contributed by atoms with Gasteiger partial charge >= 0.3 is 0 Å². The summed E-state index contributed by atoms with van der Waals surface area (Å²) in [4.78, 5) is 4.39. The molecule has 2 aliphatic rings. The fraction of sp³-hybridized carbons (Fsp3) is 0.583. The number of ether oxygens (including phenoxy) is 1. The maximum Gasteiger partial charge on any atom is 0.169 e. The van der Waals surface area contributed by atoms with Crippen molar-refractivity contribution >= 4 is 17.6 Å². The first-order chi connectivity index (χ1) is 7.83. The summed E-state index contributed by atoms with van der Waals surface area (Å²) in [6, 6.07) is 2.05. The number of nitrogens with zero attached hydrogens (tertiary/aromatic N) is 1. The summed E-state index contributed by atoms with van der Waals surface area (Å²) < 4.78 is 5.93. The van der Waals surface area contributed by atoms with Crippen molar-refractivity contribution in [2.75, 3.05) is 18.2 Å². The Labute approximate surface area is 100.0 Å². The molecule has 0 radical (unpaired) electrons. The largest absolute Gasteiger partial charge is 0.487 e. The third-order valence-electron chi connectivity index (χ3n) is 3.47. The van der Waals surface area contributed by atoms with Gasteiger partial charge in [-0.3, -0.25) is 0 Å². The Balaban J connectivity index is 1.91. The van der Waals surface area contributed by atoms with Gasteiger partial charge in [0, 0.05) is 17.5 Å². The SMILES string of the molecule is CSCc1ccnc2c1OCC1(CCC1)N2. The Bertz CT molecular complexity index is 404. The van der Waals surface area contributed by atoms with E-state index in [1.165, 1.54) is 24.8 Å². The maximum atomic E-state index is 5.93. The Morgan fingerprint density at radius 3 is 3.12 bits per heavy atom. The van der Waals surface area contributed by atoms with Crippen molar-refractivity contribution in [3.63, 3.8) is 0 Å². The molecule has 3 nitrogen and oxygen atoms in total. The lowest BCUT2D eigenvalue weighted by atomic mass is 9.77. The summed E-state index contributed by atoms with van der Waals surface area (Å²) >= 11 is 1.81. The van der Waals surface area contributed by atoms with Crippen molar-refractivity contribution in [2.45, 2.75) is 30.6 Å². The van der Waals surface area contributed by atoms with Gasteiger partial charge in [-0.1, -0.05) is 0 Å². The van der Waals surface area contributed by atoms with E-state index in [-0.39, 0.29) is 5.54 Å². The molecule has 2 heterocycles. The van der Waals surface area contributed by atoms with Gasteiger partial charge in [-0.05, 0) is 31.6 Å². The topological polar surface area (TPSA) is 34.1 Å². The molecule has 1 aromatic heterocycles. The highest BCUT2D eigenvalue weighted by Crippen LogP contribution is 2.42. The van der Waals surface area contributed by atoms with Crippen molar-refractivity contribution < 1.29 is 4.74 Å². The van der Waals surface area contributed by atoms with E-state index in [2.05, 4.69) is 22.6 Å². The minimum Gasteiger partial charge on any atom is -0.487 e. The summed E-state index contributed by atoms with van der Waals surface area (Å²) in [7, 11) is 0. The van der Waals surface area contributed by atoms with Crippen molar-refractivity contribution in [3.05, 3.63) is 17.8 Å². The number of rotatable bonds is 2. The van der Waals surface area contributed by atoms with Crippen molar-refractivity contribution in [3.8, 4) is 5.75 Å². The summed E-state index contributed by atoms with van der Waals surface area (Å²) in [5.74, 6) is 2.89. The van der Waals surface area contributed by atoms with Crippen molar-refractivity contribution in [1.82, 2.24) is 4.98 Å². The van der Waals surface area contributed by atoms with E-state index in [0.29, 0.717) is 0 Å². The predicted octanol–water partition coefficient (Wildman–Crippen LogP) is 2.67. The van der Waals surface area contributed by atoms with Crippen LogP contribution in [0.1, 0.15) is 24.8 Å². The normalized spacial score (nSPS) is 20.6. The van der Waals surface area contributed by atoms with Crippen LogP contribution in [0, 0.1) is 0 Å². The number of pyridine rings is 1.